The fourth-order valence-corrected chi connectivity index (χ4v) is 3.16. The van der Waals surface area contributed by atoms with Gasteiger partial charge in [0.15, 0.2) is 0 Å². The number of rotatable bonds is 6. The Balaban J connectivity index is 0.00000169. The van der Waals surface area contributed by atoms with Gasteiger partial charge in [0, 0.05) is 5.56 Å². The van der Waals surface area contributed by atoms with Crippen LogP contribution in [0.3, 0.4) is 0 Å². The van der Waals surface area contributed by atoms with Crippen LogP contribution in [0.15, 0.2) is 34.7 Å². The summed E-state index contributed by atoms with van der Waals surface area (Å²) in [7, 11) is 0. The van der Waals surface area contributed by atoms with Gasteiger partial charge in [0.05, 0.1) is 17.1 Å². The van der Waals surface area contributed by atoms with E-state index in [4.69, 9.17) is 21.1 Å². The van der Waals surface area contributed by atoms with Gasteiger partial charge in [0.1, 0.15) is 11.5 Å². The zero-order valence-electron chi connectivity index (χ0n) is 14.2. The minimum atomic E-state index is -0.983. The fraction of sp³-hybridized carbons (Fsp3) is 0.389. The number of hydrogen-bond donors (Lipinski definition) is 3. The predicted molar refractivity (Wildman–Crippen MR) is 108 cm³/mol. The van der Waals surface area contributed by atoms with Crippen molar-refractivity contribution in [3.63, 3.8) is 0 Å². The highest BCUT2D eigenvalue weighted by molar-refractivity contribution is 6.33. The SMILES string of the molecule is Cl.Cl.O=C(O)c1ccc(Cl)c(-c2ccc(CNCC3CCNCC3)o2)c1. The summed E-state index contributed by atoms with van der Waals surface area (Å²) in [6.45, 7) is 3.82. The first kappa shape index (κ1) is 22.8. The van der Waals surface area contributed by atoms with Gasteiger partial charge in [-0.3, -0.25) is 0 Å². The molecule has 2 heterocycles. The Hall–Kier alpha value is -1.24. The fourth-order valence-electron chi connectivity index (χ4n) is 2.95. The molecule has 2 aromatic rings. The van der Waals surface area contributed by atoms with Gasteiger partial charge in [0.2, 0.25) is 0 Å². The quantitative estimate of drug-likeness (QED) is 0.651. The number of halogens is 3. The summed E-state index contributed by atoms with van der Waals surface area (Å²) in [5.74, 6) is 1.13. The maximum absolute atomic E-state index is 11.1. The highest BCUT2D eigenvalue weighted by Gasteiger charge is 2.14. The van der Waals surface area contributed by atoms with Crippen molar-refractivity contribution in [3.8, 4) is 11.3 Å². The molecular weight excluding hydrogens is 399 g/mol. The molecule has 3 N–H and O–H groups in total. The number of nitrogens with one attached hydrogen (secondary N) is 2. The van der Waals surface area contributed by atoms with Gasteiger partial charge in [-0.25, -0.2) is 4.79 Å². The second kappa shape index (κ2) is 10.8. The number of carboxylic acid groups (broad SMARTS) is 1. The summed E-state index contributed by atoms with van der Waals surface area (Å²) in [6.07, 6.45) is 2.40. The topological polar surface area (TPSA) is 74.5 Å². The van der Waals surface area contributed by atoms with E-state index in [0.29, 0.717) is 28.8 Å². The number of carbonyl (C=O) groups is 1. The van der Waals surface area contributed by atoms with Gasteiger partial charge in [-0.1, -0.05) is 11.6 Å². The van der Waals surface area contributed by atoms with Crippen molar-refractivity contribution in [2.75, 3.05) is 19.6 Å². The molecule has 5 nitrogen and oxygen atoms in total. The van der Waals surface area contributed by atoms with E-state index >= 15 is 0 Å². The Labute approximate surface area is 170 Å². The van der Waals surface area contributed by atoms with E-state index in [1.165, 1.54) is 25.0 Å². The van der Waals surface area contributed by atoms with Gasteiger partial charge < -0.3 is 20.2 Å². The van der Waals surface area contributed by atoms with Crippen LogP contribution in [-0.2, 0) is 6.54 Å². The van der Waals surface area contributed by atoms with E-state index in [0.717, 1.165) is 25.4 Å². The second-order valence-corrected chi connectivity index (χ2v) is 6.50. The number of carboxylic acids is 1. The first-order valence-electron chi connectivity index (χ1n) is 8.17. The molecule has 1 aromatic heterocycles. The van der Waals surface area contributed by atoms with Crippen molar-refractivity contribution < 1.29 is 14.3 Å². The van der Waals surface area contributed by atoms with Crippen LogP contribution in [0.1, 0.15) is 29.0 Å². The van der Waals surface area contributed by atoms with Gasteiger partial charge in [-0.15, -0.1) is 24.8 Å². The van der Waals surface area contributed by atoms with Crippen molar-refractivity contribution in [1.29, 1.82) is 0 Å². The van der Waals surface area contributed by atoms with Gasteiger partial charge in [-0.05, 0) is 68.7 Å². The molecule has 0 unspecified atom stereocenters. The number of benzene rings is 1. The molecule has 3 rings (SSSR count). The molecule has 1 aliphatic rings. The molecule has 8 heteroatoms. The normalized spacial score (nSPS) is 14.3. The predicted octanol–water partition coefficient (Wildman–Crippen LogP) is 4.23. The van der Waals surface area contributed by atoms with Crippen LogP contribution >= 0.6 is 36.4 Å². The number of furan rings is 1. The molecule has 0 radical (unpaired) electrons. The summed E-state index contributed by atoms with van der Waals surface area (Å²) in [4.78, 5) is 11.1. The minimum absolute atomic E-state index is 0. The van der Waals surface area contributed by atoms with Crippen LogP contribution in [0, 0.1) is 5.92 Å². The molecule has 1 saturated heterocycles. The van der Waals surface area contributed by atoms with E-state index in [2.05, 4.69) is 10.6 Å². The van der Waals surface area contributed by atoms with Crippen LogP contribution in [0.25, 0.3) is 11.3 Å². The molecular formula is C18H23Cl3N2O3. The number of aromatic carboxylic acids is 1. The number of hydrogen-bond acceptors (Lipinski definition) is 4. The second-order valence-electron chi connectivity index (χ2n) is 6.09. The monoisotopic (exact) mass is 420 g/mol. The molecule has 1 aliphatic heterocycles. The Morgan fingerprint density at radius 3 is 2.65 bits per heavy atom. The maximum atomic E-state index is 11.1. The Kier molecular flexibility index (Phi) is 9.47. The van der Waals surface area contributed by atoms with Crippen LogP contribution < -0.4 is 10.6 Å². The largest absolute Gasteiger partial charge is 0.478 e. The van der Waals surface area contributed by atoms with Crippen LogP contribution in [0.4, 0.5) is 0 Å². The smallest absolute Gasteiger partial charge is 0.335 e. The van der Waals surface area contributed by atoms with E-state index in [9.17, 15) is 4.79 Å². The third-order valence-corrected chi connectivity index (χ3v) is 4.66. The van der Waals surface area contributed by atoms with Crippen molar-refractivity contribution in [2.24, 2.45) is 5.92 Å². The average molecular weight is 422 g/mol. The molecule has 0 saturated carbocycles. The molecule has 0 spiro atoms. The maximum Gasteiger partial charge on any atom is 0.335 e. The summed E-state index contributed by atoms with van der Waals surface area (Å²) >= 11 is 6.18. The zero-order valence-corrected chi connectivity index (χ0v) is 16.6. The first-order chi connectivity index (χ1) is 11.6. The molecule has 1 fully saturated rings. The standard InChI is InChI=1S/C18H21ClN2O3.2ClH/c19-16-3-1-13(18(22)23)9-15(16)17-4-2-14(24-17)11-21-10-12-5-7-20-8-6-12;;/h1-4,9,12,20-21H,5-8,10-11H2,(H,22,23);2*1H. The summed E-state index contributed by atoms with van der Waals surface area (Å²) < 4.78 is 5.82. The van der Waals surface area contributed by atoms with Gasteiger partial charge in [-0.2, -0.15) is 0 Å². The van der Waals surface area contributed by atoms with Crippen molar-refractivity contribution >= 4 is 42.4 Å². The molecule has 0 aliphatic carbocycles. The lowest BCUT2D eigenvalue weighted by Gasteiger charge is -2.22. The van der Waals surface area contributed by atoms with Crippen LogP contribution in [0.2, 0.25) is 5.02 Å². The highest BCUT2D eigenvalue weighted by Crippen LogP contribution is 2.30. The van der Waals surface area contributed by atoms with Gasteiger partial charge >= 0.3 is 5.97 Å². The van der Waals surface area contributed by atoms with Crippen molar-refractivity contribution in [2.45, 2.75) is 19.4 Å². The molecule has 0 bridgehead atoms. The summed E-state index contributed by atoms with van der Waals surface area (Å²) in [6, 6.07) is 8.33. The minimum Gasteiger partial charge on any atom is -0.478 e. The molecule has 1 aromatic carbocycles. The summed E-state index contributed by atoms with van der Waals surface area (Å²) in [5, 5.41) is 16.4. The Bertz CT molecular complexity index is 715. The average Bonchev–Trinajstić information content (AvgIpc) is 3.04. The van der Waals surface area contributed by atoms with Crippen molar-refractivity contribution in [1.82, 2.24) is 10.6 Å². The van der Waals surface area contributed by atoms with Crippen molar-refractivity contribution in [3.05, 3.63) is 46.7 Å². The van der Waals surface area contributed by atoms with E-state index in [1.807, 2.05) is 12.1 Å². The van der Waals surface area contributed by atoms with E-state index in [-0.39, 0.29) is 30.4 Å². The Morgan fingerprint density at radius 1 is 1.23 bits per heavy atom. The molecule has 26 heavy (non-hydrogen) atoms. The third-order valence-electron chi connectivity index (χ3n) is 4.33. The highest BCUT2D eigenvalue weighted by atomic mass is 35.5. The lowest BCUT2D eigenvalue weighted by Crippen LogP contribution is -2.33. The van der Waals surface area contributed by atoms with Crippen LogP contribution in [-0.4, -0.2) is 30.7 Å². The zero-order chi connectivity index (χ0) is 16.9. The van der Waals surface area contributed by atoms with Gasteiger partial charge in [0.25, 0.3) is 0 Å². The van der Waals surface area contributed by atoms with Crippen LogP contribution in [0.5, 0.6) is 0 Å². The number of piperidine rings is 1. The lowest BCUT2D eigenvalue weighted by molar-refractivity contribution is 0.0697. The summed E-state index contributed by atoms with van der Waals surface area (Å²) in [5.41, 5.74) is 0.789. The molecule has 0 atom stereocenters. The van der Waals surface area contributed by atoms with E-state index in [1.54, 1.807) is 6.07 Å². The molecule has 144 valence electrons. The first-order valence-corrected chi connectivity index (χ1v) is 8.54. The Morgan fingerprint density at radius 2 is 1.96 bits per heavy atom. The molecule has 0 amide bonds. The van der Waals surface area contributed by atoms with E-state index < -0.39 is 5.97 Å². The third kappa shape index (κ3) is 5.89. The lowest BCUT2D eigenvalue weighted by atomic mass is 9.98.